The van der Waals surface area contributed by atoms with Gasteiger partial charge in [0.15, 0.2) is 5.17 Å². The normalized spacial score (nSPS) is 18.6. The monoisotopic (exact) mass is 361 g/mol. The van der Waals surface area contributed by atoms with Crippen LogP contribution in [0.2, 0.25) is 0 Å². The Bertz CT molecular complexity index is 665. The summed E-state index contributed by atoms with van der Waals surface area (Å²) < 4.78 is 0. The first kappa shape index (κ1) is 19.2. The Balaban J connectivity index is 2.34. The minimum Gasteiger partial charge on any atom is -0.481 e. The zero-order valence-corrected chi connectivity index (χ0v) is 15.3. The quantitative estimate of drug-likeness (QED) is 0.562. The van der Waals surface area contributed by atoms with E-state index < -0.39 is 11.2 Å². The van der Waals surface area contributed by atoms with Gasteiger partial charge in [0.25, 0.3) is 0 Å². The maximum absolute atomic E-state index is 12.7. The summed E-state index contributed by atoms with van der Waals surface area (Å²) in [7, 11) is 0. The minimum absolute atomic E-state index is 0.230. The molecule has 1 aliphatic heterocycles. The molecule has 0 aliphatic carbocycles. The standard InChI is InChI=1S/C18H23N3O3S/c1-3-8-13(9-4-2)19-20-18-21(14-10-6-5-7-11-14)17(24)15(25-18)12-16(22)23/h5-7,10-11,15H,3-4,8-9,12H2,1-2H3,(H,22,23)/b20-18-. The second-order valence-electron chi connectivity index (χ2n) is 5.76. The molecule has 1 heterocycles. The molecule has 25 heavy (non-hydrogen) atoms. The summed E-state index contributed by atoms with van der Waals surface area (Å²) in [4.78, 5) is 25.2. The molecule has 0 radical (unpaired) electrons. The number of thioether (sulfide) groups is 1. The zero-order valence-electron chi connectivity index (χ0n) is 14.5. The Labute approximate surface area is 152 Å². The third kappa shape index (κ3) is 5.16. The van der Waals surface area contributed by atoms with Crippen LogP contribution in [-0.2, 0) is 9.59 Å². The fourth-order valence-corrected chi connectivity index (χ4v) is 3.63. The fraction of sp³-hybridized carbons (Fsp3) is 0.444. The number of carboxylic acid groups (broad SMARTS) is 1. The highest BCUT2D eigenvalue weighted by molar-refractivity contribution is 8.16. The second-order valence-corrected chi connectivity index (χ2v) is 6.93. The number of nitrogens with zero attached hydrogens (tertiary/aromatic N) is 3. The number of para-hydroxylation sites is 1. The highest BCUT2D eigenvalue weighted by atomic mass is 32.2. The molecule has 1 aromatic rings. The van der Waals surface area contributed by atoms with Crippen molar-refractivity contribution >= 4 is 40.2 Å². The van der Waals surface area contributed by atoms with Crippen LogP contribution in [0.1, 0.15) is 46.0 Å². The molecule has 1 atom stereocenters. The number of carboxylic acids is 1. The van der Waals surface area contributed by atoms with Crippen LogP contribution in [0.3, 0.4) is 0 Å². The summed E-state index contributed by atoms with van der Waals surface area (Å²) in [5.41, 5.74) is 1.68. The van der Waals surface area contributed by atoms with Crippen molar-refractivity contribution < 1.29 is 14.7 Å². The van der Waals surface area contributed by atoms with E-state index in [1.54, 1.807) is 12.1 Å². The van der Waals surface area contributed by atoms with E-state index in [0.717, 1.165) is 31.4 Å². The summed E-state index contributed by atoms with van der Waals surface area (Å²) >= 11 is 1.17. The van der Waals surface area contributed by atoms with Crippen molar-refractivity contribution in [3.8, 4) is 0 Å². The van der Waals surface area contributed by atoms with Crippen molar-refractivity contribution in [2.45, 2.75) is 51.2 Å². The van der Waals surface area contributed by atoms with Crippen molar-refractivity contribution in [3.05, 3.63) is 30.3 Å². The number of rotatable bonds is 8. The van der Waals surface area contributed by atoms with Gasteiger partial charge in [-0.2, -0.15) is 5.10 Å². The predicted molar refractivity (Wildman–Crippen MR) is 102 cm³/mol. The van der Waals surface area contributed by atoms with E-state index in [2.05, 4.69) is 24.1 Å². The van der Waals surface area contributed by atoms with Gasteiger partial charge >= 0.3 is 5.97 Å². The third-order valence-corrected chi connectivity index (χ3v) is 4.79. The maximum atomic E-state index is 12.7. The lowest BCUT2D eigenvalue weighted by Gasteiger charge is -2.15. The Morgan fingerprint density at radius 1 is 1.20 bits per heavy atom. The van der Waals surface area contributed by atoms with Crippen LogP contribution in [-0.4, -0.2) is 33.1 Å². The summed E-state index contributed by atoms with van der Waals surface area (Å²) in [6.07, 6.45) is 3.48. The topological polar surface area (TPSA) is 82.3 Å². The summed E-state index contributed by atoms with van der Waals surface area (Å²) in [6, 6.07) is 9.14. The molecular weight excluding hydrogens is 338 g/mol. The van der Waals surface area contributed by atoms with E-state index >= 15 is 0 Å². The summed E-state index contributed by atoms with van der Waals surface area (Å²) in [6.45, 7) is 4.18. The van der Waals surface area contributed by atoms with Crippen molar-refractivity contribution in [2.75, 3.05) is 4.90 Å². The van der Waals surface area contributed by atoms with E-state index in [-0.39, 0.29) is 12.3 Å². The van der Waals surface area contributed by atoms with E-state index in [0.29, 0.717) is 10.9 Å². The summed E-state index contributed by atoms with van der Waals surface area (Å²) in [5.74, 6) is -1.26. The lowest BCUT2D eigenvalue weighted by molar-refractivity contribution is -0.138. The van der Waals surface area contributed by atoms with Crippen LogP contribution in [0.5, 0.6) is 0 Å². The summed E-state index contributed by atoms with van der Waals surface area (Å²) in [5, 5.41) is 17.5. The predicted octanol–water partition coefficient (Wildman–Crippen LogP) is 3.92. The first-order chi connectivity index (χ1) is 12.1. The molecule has 1 saturated heterocycles. The number of carbonyl (C=O) groups is 2. The molecule has 2 rings (SSSR count). The SMILES string of the molecule is CCCC(CCC)=N/N=C1\SC(CC(=O)O)C(=O)N1c1ccccc1. The number of amidine groups is 1. The van der Waals surface area contributed by atoms with Gasteiger partial charge in [0, 0.05) is 5.71 Å². The van der Waals surface area contributed by atoms with E-state index in [4.69, 9.17) is 5.11 Å². The Kier molecular flexibility index (Phi) is 7.18. The first-order valence-electron chi connectivity index (χ1n) is 8.47. The van der Waals surface area contributed by atoms with Crippen LogP contribution in [0.25, 0.3) is 0 Å². The van der Waals surface area contributed by atoms with Gasteiger partial charge in [0.2, 0.25) is 5.91 Å². The van der Waals surface area contributed by atoms with Gasteiger partial charge in [-0.25, -0.2) is 0 Å². The number of benzene rings is 1. The van der Waals surface area contributed by atoms with Crippen molar-refractivity contribution in [1.29, 1.82) is 0 Å². The molecule has 1 aromatic carbocycles. The maximum Gasteiger partial charge on any atom is 0.305 e. The number of aliphatic carboxylic acids is 1. The molecule has 1 aliphatic rings. The average molecular weight is 361 g/mol. The highest BCUT2D eigenvalue weighted by Gasteiger charge is 2.40. The van der Waals surface area contributed by atoms with Gasteiger partial charge in [-0.1, -0.05) is 56.7 Å². The number of hydrogen-bond donors (Lipinski definition) is 1. The number of anilines is 1. The Hall–Kier alpha value is -2.15. The van der Waals surface area contributed by atoms with E-state index in [1.165, 1.54) is 16.7 Å². The van der Waals surface area contributed by atoms with Crippen LogP contribution in [0.15, 0.2) is 40.5 Å². The van der Waals surface area contributed by atoms with Gasteiger partial charge in [0.1, 0.15) is 5.25 Å². The molecule has 7 heteroatoms. The smallest absolute Gasteiger partial charge is 0.305 e. The van der Waals surface area contributed by atoms with Crippen molar-refractivity contribution in [1.82, 2.24) is 0 Å². The number of carbonyl (C=O) groups excluding carboxylic acids is 1. The number of hydrogen-bond acceptors (Lipinski definition) is 5. The molecule has 0 bridgehead atoms. The molecule has 1 fully saturated rings. The molecule has 1 unspecified atom stereocenters. The van der Waals surface area contributed by atoms with Gasteiger partial charge in [-0.3, -0.25) is 14.5 Å². The molecule has 0 spiro atoms. The third-order valence-electron chi connectivity index (χ3n) is 3.66. The Morgan fingerprint density at radius 2 is 1.84 bits per heavy atom. The molecule has 0 saturated carbocycles. The largest absolute Gasteiger partial charge is 0.481 e. The lowest BCUT2D eigenvalue weighted by Crippen LogP contribution is -2.32. The second kappa shape index (κ2) is 9.36. The van der Waals surface area contributed by atoms with Crippen LogP contribution in [0, 0.1) is 0 Å². The van der Waals surface area contributed by atoms with Gasteiger partial charge < -0.3 is 5.11 Å². The first-order valence-corrected chi connectivity index (χ1v) is 9.35. The van der Waals surface area contributed by atoms with Gasteiger partial charge in [0.05, 0.1) is 12.1 Å². The zero-order chi connectivity index (χ0) is 18.2. The Morgan fingerprint density at radius 3 is 2.40 bits per heavy atom. The van der Waals surface area contributed by atoms with Gasteiger partial charge in [-0.05, 0) is 25.0 Å². The average Bonchev–Trinajstić information content (AvgIpc) is 2.89. The molecule has 1 amide bonds. The van der Waals surface area contributed by atoms with Crippen molar-refractivity contribution in [3.63, 3.8) is 0 Å². The van der Waals surface area contributed by atoms with Crippen LogP contribution < -0.4 is 4.90 Å². The highest BCUT2D eigenvalue weighted by Crippen LogP contribution is 2.33. The molecule has 0 aromatic heterocycles. The minimum atomic E-state index is -0.999. The lowest BCUT2D eigenvalue weighted by atomic mass is 10.1. The number of amides is 1. The molecular formula is C18H23N3O3S. The fourth-order valence-electron chi connectivity index (χ4n) is 2.55. The van der Waals surface area contributed by atoms with E-state index in [1.807, 2.05) is 18.2 Å². The van der Waals surface area contributed by atoms with Crippen LogP contribution >= 0.6 is 11.8 Å². The van der Waals surface area contributed by atoms with Crippen LogP contribution in [0.4, 0.5) is 5.69 Å². The van der Waals surface area contributed by atoms with Crippen molar-refractivity contribution in [2.24, 2.45) is 10.2 Å². The van der Waals surface area contributed by atoms with E-state index in [9.17, 15) is 9.59 Å². The molecule has 1 N–H and O–H groups in total. The molecule has 6 nitrogen and oxygen atoms in total. The van der Waals surface area contributed by atoms with Gasteiger partial charge in [-0.15, -0.1) is 5.10 Å². The molecule has 134 valence electrons.